The average Bonchev–Trinajstić information content (AvgIpc) is 2.81. The lowest BCUT2D eigenvalue weighted by Gasteiger charge is -2.30. The Kier molecular flexibility index (Phi) is 7.39. The van der Waals surface area contributed by atoms with Gasteiger partial charge < -0.3 is 10.1 Å². The van der Waals surface area contributed by atoms with Gasteiger partial charge in [-0.15, -0.1) is 0 Å². The molecular formula is C22H23N3O5S. The van der Waals surface area contributed by atoms with E-state index in [9.17, 15) is 23.3 Å². The van der Waals surface area contributed by atoms with Gasteiger partial charge in [-0.05, 0) is 30.5 Å². The number of rotatable bonds is 7. The van der Waals surface area contributed by atoms with Crippen LogP contribution in [-0.4, -0.2) is 44.2 Å². The highest BCUT2D eigenvalue weighted by Gasteiger charge is 2.33. The summed E-state index contributed by atoms with van der Waals surface area (Å²) < 4.78 is 32.1. The first-order valence-electron chi connectivity index (χ1n) is 9.88. The van der Waals surface area contributed by atoms with Crippen molar-refractivity contribution in [1.82, 2.24) is 9.62 Å². The van der Waals surface area contributed by atoms with Gasteiger partial charge in [0.25, 0.3) is 0 Å². The summed E-state index contributed by atoms with van der Waals surface area (Å²) in [5.74, 6) is -1.23. The molecule has 162 valence electrons. The monoisotopic (exact) mass is 441 g/mol. The first kappa shape index (κ1) is 22.5. The van der Waals surface area contributed by atoms with Crippen molar-refractivity contribution in [3.63, 3.8) is 0 Å². The van der Waals surface area contributed by atoms with Crippen LogP contribution in [0.25, 0.3) is 0 Å². The molecule has 0 aliphatic carbocycles. The van der Waals surface area contributed by atoms with Crippen molar-refractivity contribution in [3.05, 3.63) is 65.7 Å². The van der Waals surface area contributed by atoms with E-state index in [0.29, 0.717) is 12.8 Å². The predicted octanol–water partition coefficient (Wildman–Crippen LogP) is 1.82. The van der Waals surface area contributed by atoms with Gasteiger partial charge in [0.15, 0.2) is 0 Å². The standard InChI is InChI=1S/C22H23N3O5S/c23-14-19-8-4-5-9-20(19)31(28,29)25-12-10-18(11-13-25)22(27)24-15-21(26)30-16-17-6-2-1-3-7-17/h1-9,18H,10-13,15-16H2,(H,24,27). The molecule has 1 N–H and O–H groups in total. The van der Waals surface area contributed by atoms with Crippen LogP contribution in [0.2, 0.25) is 0 Å². The van der Waals surface area contributed by atoms with E-state index >= 15 is 0 Å². The minimum Gasteiger partial charge on any atom is -0.460 e. The summed E-state index contributed by atoms with van der Waals surface area (Å²) in [6.45, 7) is 0.229. The smallest absolute Gasteiger partial charge is 0.325 e. The molecule has 0 aromatic heterocycles. The number of hydrogen-bond acceptors (Lipinski definition) is 6. The molecule has 2 aromatic carbocycles. The largest absolute Gasteiger partial charge is 0.460 e. The van der Waals surface area contributed by atoms with Gasteiger partial charge in [0.2, 0.25) is 15.9 Å². The third kappa shape index (κ3) is 5.69. The Hall–Kier alpha value is -3.22. The Morgan fingerprint density at radius 3 is 2.39 bits per heavy atom. The summed E-state index contributed by atoms with van der Waals surface area (Å²) in [4.78, 5) is 24.2. The lowest BCUT2D eigenvalue weighted by atomic mass is 9.97. The van der Waals surface area contributed by atoms with Gasteiger partial charge in [-0.3, -0.25) is 9.59 Å². The highest BCUT2D eigenvalue weighted by Crippen LogP contribution is 2.25. The van der Waals surface area contributed by atoms with E-state index in [2.05, 4.69) is 5.32 Å². The van der Waals surface area contributed by atoms with Crippen molar-refractivity contribution in [2.24, 2.45) is 5.92 Å². The summed E-state index contributed by atoms with van der Waals surface area (Å²) in [6.07, 6.45) is 0.664. The molecule has 8 nitrogen and oxygen atoms in total. The first-order valence-corrected chi connectivity index (χ1v) is 11.3. The van der Waals surface area contributed by atoms with Crippen molar-refractivity contribution in [2.75, 3.05) is 19.6 Å². The number of esters is 1. The van der Waals surface area contributed by atoms with Gasteiger partial charge in [-0.1, -0.05) is 42.5 Å². The molecule has 3 rings (SSSR count). The highest BCUT2D eigenvalue weighted by atomic mass is 32.2. The van der Waals surface area contributed by atoms with E-state index in [0.717, 1.165) is 5.56 Å². The fraction of sp³-hybridized carbons (Fsp3) is 0.318. The molecule has 1 aliphatic rings. The fourth-order valence-electron chi connectivity index (χ4n) is 3.37. The molecule has 2 aromatic rings. The quantitative estimate of drug-likeness (QED) is 0.655. The molecule has 0 atom stereocenters. The van der Waals surface area contributed by atoms with E-state index in [1.807, 2.05) is 36.4 Å². The highest BCUT2D eigenvalue weighted by molar-refractivity contribution is 7.89. The van der Waals surface area contributed by atoms with E-state index in [-0.39, 0.29) is 48.5 Å². The Labute approximate surface area is 181 Å². The Morgan fingerprint density at radius 1 is 1.06 bits per heavy atom. The molecule has 1 saturated heterocycles. The molecule has 0 spiro atoms. The number of carbonyl (C=O) groups excluding carboxylic acids is 2. The van der Waals surface area contributed by atoms with Crippen LogP contribution in [0.3, 0.4) is 0 Å². The van der Waals surface area contributed by atoms with E-state index < -0.39 is 16.0 Å². The Balaban J connectivity index is 1.47. The van der Waals surface area contributed by atoms with Gasteiger partial charge in [0.05, 0.1) is 10.5 Å². The van der Waals surface area contributed by atoms with Crippen molar-refractivity contribution in [1.29, 1.82) is 5.26 Å². The SMILES string of the molecule is N#Cc1ccccc1S(=O)(=O)N1CCC(C(=O)NCC(=O)OCc2ccccc2)CC1. The second-order valence-electron chi connectivity index (χ2n) is 7.15. The predicted molar refractivity (Wildman–Crippen MR) is 112 cm³/mol. The third-order valence-corrected chi connectivity index (χ3v) is 7.06. The molecule has 0 bridgehead atoms. The number of amides is 1. The van der Waals surface area contributed by atoms with E-state index in [1.165, 1.54) is 16.4 Å². The second-order valence-corrected chi connectivity index (χ2v) is 9.06. The van der Waals surface area contributed by atoms with E-state index in [4.69, 9.17) is 4.74 Å². The third-order valence-electron chi connectivity index (χ3n) is 5.10. The number of benzene rings is 2. The van der Waals surface area contributed by atoms with Crippen LogP contribution in [0.15, 0.2) is 59.5 Å². The molecule has 0 radical (unpaired) electrons. The first-order chi connectivity index (χ1) is 14.9. The number of carbonyl (C=O) groups is 2. The maximum atomic E-state index is 12.9. The summed E-state index contributed by atoms with van der Waals surface area (Å²) in [7, 11) is -3.81. The summed E-state index contributed by atoms with van der Waals surface area (Å²) in [5.41, 5.74) is 0.949. The topological polar surface area (TPSA) is 117 Å². The molecule has 1 aliphatic heterocycles. The van der Waals surface area contributed by atoms with Crippen LogP contribution in [0.1, 0.15) is 24.0 Å². The Bertz CT molecular complexity index is 1070. The number of nitrogens with one attached hydrogen (secondary N) is 1. The van der Waals surface area contributed by atoms with Gasteiger partial charge in [0, 0.05) is 19.0 Å². The number of piperidine rings is 1. The molecule has 0 unspecified atom stereocenters. The van der Waals surface area contributed by atoms with Crippen molar-refractivity contribution >= 4 is 21.9 Å². The van der Waals surface area contributed by atoms with Crippen molar-refractivity contribution in [3.8, 4) is 6.07 Å². The van der Waals surface area contributed by atoms with E-state index in [1.54, 1.807) is 12.1 Å². The Morgan fingerprint density at radius 2 is 1.71 bits per heavy atom. The van der Waals surface area contributed by atoms with Gasteiger partial charge in [0.1, 0.15) is 19.2 Å². The number of sulfonamides is 1. The minimum absolute atomic E-state index is 0.0263. The summed E-state index contributed by atoms with van der Waals surface area (Å²) >= 11 is 0. The van der Waals surface area contributed by atoms with Crippen LogP contribution in [-0.2, 0) is 31.0 Å². The van der Waals surface area contributed by atoms with Crippen LogP contribution in [0.4, 0.5) is 0 Å². The maximum Gasteiger partial charge on any atom is 0.325 e. The van der Waals surface area contributed by atoms with Gasteiger partial charge in [-0.2, -0.15) is 9.57 Å². The summed E-state index contributed by atoms with van der Waals surface area (Å²) in [6, 6.07) is 17.2. The lowest BCUT2D eigenvalue weighted by Crippen LogP contribution is -2.44. The zero-order valence-corrected chi connectivity index (χ0v) is 17.7. The molecule has 1 heterocycles. The number of hydrogen-bond donors (Lipinski definition) is 1. The van der Waals surface area contributed by atoms with Crippen LogP contribution in [0.5, 0.6) is 0 Å². The zero-order valence-electron chi connectivity index (χ0n) is 16.9. The van der Waals surface area contributed by atoms with Crippen LogP contribution >= 0.6 is 0 Å². The van der Waals surface area contributed by atoms with Crippen LogP contribution < -0.4 is 5.32 Å². The van der Waals surface area contributed by atoms with Gasteiger partial charge in [-0.25, -0.2) is 8.42 Å². The zero-order chi connectivity index (χ0) is 22.3. The van der Waals surface area contributed by atoms with Crippen molar-refractivity contribution < 1.29 is 22.7 Å². The fourth-order valence-corrected chi connectivity index (χ4v) is 4.99. The molecule has 9 heteroatoms. The van der Waals surface area contributed by atoms with Crippen LogP contribution in [0, 0.1) is 17.2 Å². The van der Waals surface area contributed by atoms with Gasteiger partial charge >= 0.3 is 5.97 Å². The lowest BCUT2D eigenvalue weighted by molar-refractivity contribution is -0.145. The molecule has 1 fully saturated rings. The number of nitrogens with zero attached hydrogens (tertiary/aromatic N) is 2. The molecular weight excluding hydrogens is 418 g/mol. The normalized spacial score (nSPS) is 15.1. The molecule has 1 amide bonds. The average molecular weight is 442 g/mol. The van der Waals surface area contributed by atoms with Crippen molar-refractivity contribution in [2.45, 2.75) is 24.3 Å². The molecule has 31 heavy (non-hydrogen) atoms. The maximum absolute atomic E-state index is 12.9. The minimum atomic E-state index is -3.81. The molecule has 0 saturated carbocycles. The number of nitriles is 1. The second kappa shape index (κ2) is 10.2. The number of ether oxygens (including phenoxy) is 1. The summed E-state index contributed by atoms with van der Waals surface area (Å²) in [5, 5.41) is 11.7.